The van der Waals surface area contributed by atoms with Crippen molar-refractivity contribution in [2.75, 3.05) is 34.0 Å². The van der Waals surface area contributed by atoms with E-state index < -0.39 is 0 Å². The average molecular weight is 172 g/mol. The van der Waals surface area contributed by atoms with Gasteiger partial charge in [0.1, 0.15) is 6.73 Å². The highest BCUT2D eigenvalue weighted by molar-refractivity contribution is 5.99. The Hall–Kier alpha value is -0.940. The molecule has 0 aliphatic carbocycles. The normalized spacial score (nSPS) is 20.3. The van der Waals surface area contributed by atoms with Crippen molar-refractivity contribution in [1.82, 2.24) is 9.80 Å². The van der Waals surface area contributed by atoms with Gasteiger partial charge in [0.25, 0.3) is 0 Å². The molecule has 1 aliphatic rings. The number of nitrogens with zero attached hydrogens (tertiary/aromatic N) is 2. The van der Waals surface area contributed by atoms with Crippen molar-refractivity contribution in [2.45, 2.75) is 0 Å². The zero-order chi connectivity index (χ0) is 9.14. The third-order valence-electron chi connectivity index (χ3n) is 1.67. The number of carbonyl (C=O) groups excluding carboxylic acids is 2. The molecule has 0 aromatic carbocycles. The Bertz CT molecular complexity index is 187. The van der Waals surface area contributed by atoms with Gasteiger partial charge in [-0.2, -0.15) is 0 Å². The Labute approximate surface area is 70.9 Å². The number of ether oxygens (including phenoxy) is 1. The summed E-state index contributed by atoms with van der Waals surface area (Å²) in [7, 11) is 3.19. The van der Waals surface area contributed by atoms with Gasteiger partial charge in [-0.15, -0.1) is 0 Å². The highest BCUT2D eigenvalue weighted by atomic mass is 16.5. The van der Waals surface area contributed by atoms with Crippen LogP contribution in [0.2, 0.25) is 0 Å². The number of hydrogen-bond donors (Lipinski definition) is 0. The second-order valence-electron chi connectivity index (χ2n) is 2.81. The fourth-order valence-electron chi connectivity index (χ4n) is 1.10. The van der Waals surface area contributed by atoms with Gasteiger partial charge in [-0.3, -0.25) is 19.4 Å². The number of methoxy groups -OCH3 is 1. The number of amides is 2. The van der Waals surface area contributed by atoms with Gasteiger partial charge in [-0.1, -0.05) is 0 Å². The maximum Gasteiger partial charge on any atom is 0.245 e. The van der Waals surface area contributed by atoms with Gasteiger partial charge in [0.05, 0.1) is 13.1 Å². The zero-order valence-electron chi connectivity index (χ0n) is 7.24. The minimum Gasteiger partial charge on any atom is -0.364 e. The van der Waals surface area contributed by atoms with Crippen molar-refractivity contribution in [3.63, 3.8) is 0 Å². The van der Waals surface area contributed by atoms with E-state index in [4.69, 9.17) is 4.74 Å². The maximum atomic E-state index is 11.2. The highest BCUT2D eigenvalue weighted by Gasteiger charge is 2.28. The minimum atomic E-state index is -0.199. The van der Waals surface area contributed by atoms with Crippen LogP contribution in [0.1, 0.15) is 0 Å². The molecule has 0 saturated carbocycles. The lowest BCUT2D eigenvalue weighted by atomic mass is 10.3. The first kappa shape index (κ1) is 9.15. The van der Waals surface area contributed by atoms with Crippen molar-refractivity contribution in [1.29, 1.82) is 0 Å². The fourth-order valence-corrected chi connectivity index (χ4v) is 1.10. The second kappa shape index (κ2) is 3.64. The molecule has 1 saturated heterocycles. The van der Waals surface area contributed by atoms with Crippen LogP contribution in [0.25, 0.3) is 0 Å². The summed E-state index contributed by atoms with van der Waals surface area (Å²) in [5.41, 5.74) is 0. The monoisotopic (exact) mass is 172 g/mol. The van der Waals surface area contributed by atoms with Crippen LogP contribution >= 0.6 is 0 Å². The number of imide groups is 1. The summed E-state index contributed by atoms with van der Waals surface area (Å²) < 4.78 is 4.72. The summed E-state index contributed by atoms with van der Waals surface area (Å²) in [5.74, 6) is -0.397. The number of carbonyl (C=O) groups is 2. The molecule has 1 heterocycles. The molecule has 5 heteroatoms. The summed E-state index contributed by atoms with van der Waals surface area (Å²) in [6.07, 6.45) is 0. The molecule has 0 unspecified atom stereocenters. The minimum absolute atomic E-state index is 0.0610. The van der Waals surface area contributed by atoms with Crippen molar-refractivity contribution in [2.24, 2.45) is 0 Å². The van der Waals surface area contributed by atoms with Gasteiger partial charge in [-0.05, 0) is 7.05 Å². The molecule has 1 rings (SSSR count). The first-order valence-corrected chi connectivity index (χ1v) is 3.66. The van der Waals surface area contributed by atoms with E-state index in [2.05, 4.69) is 0 Å². The van der Waals surface area contributed by atoms with Crippen molar-refractivity contribution < 1.29 is 14.3 Å². The van der Waals surface area contributed by atoms with E-state index in [0.29, 0.717) is 0 Å². The molecule has 0 aromatic heterocycles. The van der Waals surface area contributed by atoms with Crippen LogP contribution in [-0.4, -0.2) is 55.6 Å². The number of hydrogen-bond acceptors (Lipinski definition) is 4. The lowest BCUT2D eigenvalue weighted by Crippen LogP contribution is -2.53. The Morgan fingerprint density at radius 2 is 1.83 bits per heavy atom. The second-order valence-corrected chi connectivity index (χ2v) is 2.81. The Morgan fingerprint density at radius 1 is 1.33 bits per heavy atom. The summed E-state index contributed by atoms with van der Waals surface area (Å²) in [6, 6.07) is 0. The van der Waals surface area contributed by atoms with E-state index in [9.17, 15) is 9.59 Å². The lowest BCUT2D eigenvalue weighted by Gasteiger charge is -2.29. The van der Waals surface area contributed by atoms with E-state index in [1.54, 1.807) is 11.9 Å². The molecule has 0 N–H and O–H groups in total. The number of rotatable bonds is 2. The van der Waals surface area contributed by atoms with E-state index in [1.807, 2.05) is 0 Å². The molecule has 1 fully saturated rings. The summed E-state index contributed by atoms with van der Waals surface area (Å²) in [5, 5.41) is 0. The SMILES string of the molecule is COCN1C(=O)CN(C)CC1=O. The van der Waals surface area contributed by atoms with Crippen LogP contribution in [-0.2, 0) is 14.3 Å². The molecule has 12 heavy (non-hydrogen) atoms. The van der Waals surface area contributed by atoms with Gasteiger partial charge >= 0.3 is 0 Å². The molecule has 0 spiro atoms. The van der Waals surface area contributed by atoms with Crippen molar-refractivity contribution in [3.05, 3.63) is 0 Å². The first-order valence-electron chi connectivity index (χ1n) is 3.66. The smallest absolute Gasteiger partial charge is 0.245 e. The van der Waals surface area contributed by atoms with E-state index in [-0.39, 0.29) is 31.6 Å². The molecule has 2 amide bonds. The lowest BCUT2D eigenvalue weighted by molar-refractivity contribution is -0.156. The van der Waals surface area contributed by atoms with Crippen molar-refractivity contribution >= 4 is 11.8 Å². The molecule has 0 aromatic rings. The largest absolute Gasteiger partial charge is 0.364 e. The van der Waals surface area contributed by atoms with Gasteiger partial charge in [-0.25, -0.2) is 0 Å². The quantitative estimate of drug-likeness (QED) is 0.496. The Kier molecular flexibility index (Phi) is 2.78. The molecule has 0 bridgehead atoms. The van der Waals surface area contributed by atoms with E-state index in [1.165, 1.54) is 7.11 Å². The molecule has 0 radical (unpaired) electrons. The van der Waals surface area contributed by atoms with E-state index in [0.717, 1.165) is 4.90 Å². The highest BCUT2D eigenvalue weighted by Crippen LogP contribution is 2.01. The Morgan fingerprint density at radius 3 is 2.25 bits per heavy atom. The maximum absolute atomic E-state index is 11.2. The third-order valence-corrected chi connectivity index (χ3v) is 1.67. The topological polar surface area (TPSA) is 49.9 Å². The van der Waals surface area contributed by atoms with Crippen LogP contribution < -0.4 is 0 Å². The first-order chi connectivity index (χ1) is 5.65. The number of likely N-dealkylation sites (N-methyl/N-ethyl adjacent to an activating group) is 1. The predicted molar refractivity (Wildman–Crippen MR) is 41.2 cm³/mol. The summed E-state index contributed by atoms with van der Waals surface area (Å²) in [4.78, 5) is 25.2. The fraction of sp³-hybridized carbons (Fsp3) is 0.714. The van der Waals surface area contributed by atoms with Crippen molar-refractivity contribution in [3.8, 4) is 0 Å². The van der Waals surface area contributed by atoms with Gasteiger partial charge in [0.15, 0.2) is 0 Å². The van der Waals surface area contributed by atoms with Gasteiger partial charge < -0.3 is 4.74 Å². The number of piperazine rings is 1. The van der Waals surface area contributed by atoms with Crippen LogP contribution in [0, 0.1) is 0 Å². The third kappa shape index (κ3) is 1.80. The standard InChI is InChI=1S/C7H12N2O3/c1-8-3-6(10)9(5-12-2)7(11)4-8/h3-5H2,1-2H3. The Balaban J connectivity index is 2.61. The van der Waals surface area contributed by atoms with Crippen LogP contribution in [0.15, 0.2) is 0 Å². The summed E-state index contributed by atoms with van der Waals surface area (Å²) in [6.45, 7) is 0.635. The van der Waals surface area contributed by atoms with Gasteiger partial charge in [0, 0.05) is 7.11 Å². The molecule has 68 valence electrons. The van der Waals surface area contributed by atoms with E-state index >= 15 is 0 Å². The molecular formula is C7H12N2O3. The van der Waals surface area contributed by atoms with Crippen LogP contribution in [0.3, 0.4) is 0 Å². The van der Waals surface area contributed by atoms with Crippen LogP contribution in [0.5, 0.6) is 0 Å². The van der Waals surface area contributed by atoms with Crippen LogP contribution in [0.4, 0.5) is 0 Å². The zero-order valence-corrected chi connectivity index (χ0v) is 7.24. The molecule has 5 nitrogen and oxygen atoms in total. The molecular weight excluding hydrogens is 160 g/mol. The molecule has 0 atom stereocenters. The molecule has 1 aliphatic heterocycles. The average Bonchev–Trinajstić information content (AvgIpc) is 1.96. The summed E-state index contributed by atoms with van der Waals surface area (Å²) >= 11 is 0. The predicted octanol–water partition coefficient (Wildman–Crippen LogP) is -1.11. The van der Waals surface area contributed by atoms with Gasteiger partial charge in [0.2, 0.25) is 11.8 Å².